The van der Waals surface area contributed by atoms with Crippen molar-refractivity contribution in [1.29, 1.82) is 0 Å². The van der Waals surface area contributed by atoms with Crippen molar-refractivity contribution in [3.05, 3.63) is 52.0 Å². The smallest absolute Gasteiger partial charge is 0.255 e. The number of ether oxygens (including phenoxy) is 1. The number of nitrogen functional groups attached to an aromatic ring is 1. The van der Waals surface area contributed by atoms with Gasteiger partial charge in [0.2, 0.25) is 0 Å². The van der Waals surface area contributed by atoms with Gasteiger partial charge in [0.05, 0.1) is 7.11 Å². The number of methoxy groups -OCH3 is 1. The lowest BCUT2D eigenvalue weighted by molar-refractivity contribution is 0.102. The predicted molar refractivity (Wildman–Crippen MR) is 87.6 cm³/mol. The molecule has 0 fully saturated rings. The van der Waals surface area contributed by atoms with Crippen LogP contribution in [0.2, 0.25) is 0 Å². The largest absolute Gasteiger partial charge is 0.497 e. The lowest BCUT2D eigenvalue weighted by Crippen LogP contribution is -2.14. The number of aryl methyl sites for hydroxylation is 1. The lowest BCUT2D eigenvalue weighted by atomic mass is 10.1. The number of hydrogen-bond donors (Lipinski definition) is 3. The summed E-state index contributed by atoms with van der Waals surface area (Å²) < 4.78 is 6.00. The summed E-state index contributed by atoms with van der Waals surface area (Å²) in [7, 11) is 1.58. The molecule has 0 aromatic heterocycles. The molecule has 2 aromatic rings. The first-order chi connectivity index (χ1) is 10.0. The molecule has 1 amide bonds. The summed E-state index contributed by atoms with van der Waals surface area (Å²) >= 11 is 3.38. The summed E-state index contributed by atoms with van der Waals surface area (Å²) in [6.45, 7) is 1.86. The van der Waals surface area contributed by atoms with Crippen LogP contribution in [0.4, 0.5) is 11.4 Å². The zero-order valence-corrected chi connectivity index (χ0v) is 13.3. The van der Waals surface area contributed by atoms with Crippen molar-refractivity contribution in [3.63, 3.8) is 0 Å². The van der Waals surface area contributed by atoms with Gasteiger partial charge in [0.25, 0.3) is 5.91 Å². The molecule has 0 heterocycles. The number of benzene rings is 2. The second kappa shape index (κ2) is 6.60. The van der Waals surface area contributed by atoms with E-state index in [2.05, 4.69) is 26.7 Å². The van der Waals surface area contributed by atoms with E-state index in [0.29, 0.717) is 17.0 Å². The standard InChI is InChI=1S/C15H16BrN3O2/c1-9-5-11(19-17)3-4-14(9)15(20)18-12-6-10(16)7-13(8-12)21-2/h3-8,19H,17H2,1-2H3,(H,18,20). The Bertz CT molecular complexity index is 674. The molecule has 2 rings (SSSR count). The third-order valence-corrected chi connectivity index (χ3v) is 3.46. The summed E-state index contributed by atoms with van der Waals surface area (Å²) in [6.07, 6.45) is 0. The zero-order valence-electron chi connectivity index (χ0n) is 11.7. The van der Waals surface area contributed by atoms with Crippen molar-refractivity contribution in [2.24, 2.45) is 5.84 Å². The number of carbonyl (C=O) groups is 1. The second-order valence-corrected chi connectivity index (χ2v) is 5.42. The van der Waals surface area contributed by atoms with Gasteiger partial charge in [0, 0.05) is 27.5 Å². The van der Waals surface area contributed by atoms with E-state index in [9.17, 15) is 4.79 Å². The Balaban J connectivity index is 2.23. The van der Waals surface area contributed by atoms with Gasteiger partial charge in [-0.3, -0.25) is 10.6 Å². The molecule has 0 saturated heterocycles. The summed E-state index contributed by atoms with van der Waals surface area (Å²) in [4.78, 5) is 12.3. The molecular formula is C15H16BrN3O2. The van der Waals surface area contributed by atoms with Gasteiger partial charge in [0.1, 0.15) is 5.75 Å². The van der Waals surface area contributed by atoms with Gasteiger partial charge < -0.3 is 15.5 Å². The fourth-order valence-electron chi connectivity index (χ4n) is 1.96. The van der Waals surface area contributed by atoms with Gasteiger partial charge in [-0.1, -0.05) is 15.9 Å². The monoisotopic (exact) mass is 349 g/mol. The summed E-state index contributed by atoms with van der Waals surface area (Å²) in [6, 6.07) is 10.7. The molecule has 0 unspecified atom stereocenters. The number of hydrazine groups is 1. The molecule has 0 aliphatic rings. The molecule has 6 heteroatoms. The molecule has 0 saturated carbocycles. The predicted octanol–water partition coefficient (Wildman–Crippen LogP) is 3.30. The van der Waals surface area contributed by atoms with E-state index >= 15 is 0 Å². The first-order valence-corrected chi connectivity index (χ1v) is 7.06. The minimum atomic E-state index is -0.184. The van der Waals surface area contributed by atoms with Crippen LogP contribution in [0.5, 0.6) is 5.75 Å². The lowest BCUT2D eigenvalue weighted by Gasteiger charge is -2.11. The van der Waals surface area contributed by atoms with E-state index in [-0.39, 0.29) is 5.91 Å². The minimum absolute atomic E-state index is 0.184. The van der Waals surface area contributed by atoms with Gasteiger partial charge in [-0.25, -0.2) is 0 Å². The van der Waals surface area contributed by atoms with Crippen LogP contribution >= 0.6 is 15.9 Å². The maximum absolute atomic E-state index is 12.3. The van der Waals surface area contributed by atoms with Crippen molar-refractivity contribution < 1.29 is 9.53 Å². The number of nitrogens with one attached hydrogen (secondary N) is 2. The van der Waals surface area contributed by atoms with Gasteiger partial charge in [-0.2, -0.15) is 0 Å². The Morgan fingerprint density at radius 1 is 1.19 bits per heavy atom. The highest BCUT2D eigenvalue weighted by Crippen LogP contribution is 2.25. The van der Waals surface area contributed by atoms with E-state index in [4.69, 9.17) is 10.6 Å². The molecule has 0 spiro atoms. The second-order valence-electron chi connectivity index (χ2n) is 4.51. The maximum atomic E-state index is 12.3. The van der Waals surface area contributed by atoms with Crippen LogP contribution in [0, 0.1) is 6.92 Å². The molecule has 2 aromatic carbocycles. The fraction of sp³-hybridized carbons (Fsp3) is 0.133. The Hall–Kier alpha value is -2.05. The van der Waals surface area contributed by atoms with Crippen molar-refractivity contribution >= 4 is 33.2 Å². The first kappa shape index (κ1) is 15.3. The fourth-order valence-corrected chi connectivity index (χ4v) is 2.43. The Labute approximate surface area is 131 Å². The third-order valence-electron chi connectivity index (χ3n) is 3.00. The van der Waals surface area contributed by atoms with Gasteiger partial charge in [-0.05, 0) is 42.8 Å². The molecule has 5 nitrogen and oxygen atoms in total. The topological polar surface area (TPSA) is 76.4 Å². The van der Waals surface area contributed by atoms with Crippen LogP contribution in [0.3, 0.4) is 0 Å². The number of nitrogens with two attached hydrogens (primary N) is 1. The van der Waals surface area contributed by atoms with E-state index in [0.717, 1.165) is 15.7 Å². The Morgan fingerprint density at radius 3 is 2.57 bits per heavy atom. The summed E-state index contributed by atoms with van der Waals surface area (Å²) in [5, 5.41) is 2.85. The highest BCUT2D eigenvalue weighted by Gasteiger charge is 2.10. The average Bonchev–Trinajstić information content (AvgIpc) is 2.46. The molecule has 21 heavy (non-hydrogen) atoms. The minimum Gasteiger partial charge on any atom is -0.497 e. The first-order valence-electron chi connectivity index (χ1n) is 6.26. The highest BCUT2D eigenvalue weighted by atomic mass is 79.9. The van der Waals surface area contributed by atoms with E-state index in [1.807, 2.05) is 25.1 Å². The molecular weight excluding hydrogens is 334 g/mol. The van der Waals surface area contributed by atoms with E-state index in [1.165, 1.54) is 0 Å². The van der Waals surface area contributed by atoms with Gasteiger partial charge in [-0.15, -0.1) is 0 Å². The number of carbonyl (C=O) groups excluding carboxylic acids is 1. The molecule has 0 radical (unpaired) electrons. The Morgan fingerprint density at radius 2 is 1.95 bits per heavy atom. The molecule has 4 N–H and O–H groups in total. The maximum Gasteiger partial charge on any atom is 0.255 e. The van der Waals surface area contributed by atoms with Crippen LogP contribution in [0.25, 0.3) is 0 Å². The van der Waals surface area contributed by atoms with E-state index in [1.54, 1.807) is 25.3 Å². The number of rotatable bonds is 4. The number of anilines is 2. The SMILES string of the molecule is COc1cc(Br)cc(NC(=O)c2ccc(NN)cc2C)c1. The van der Waals surface area contributed by atoms with Crippen LogP contribution in [-0.4, -0.2) is 13.0 Å². The molecule has 0 aliphatic carbocycles. The molecule has 0 aliphatic heterocycles. The molecule has 0 atom stereocenters. The molecule has 110 valence electrons. The van der Waals surface area contributed by atoms with Crippen LogP contribution in [0.15, 0.2) is 40.9 Å². The Kier molecular flexibility index (Phi) is 4.82. The third kappa shape index (κ3) is 3.74. The van der Waals surface area contributed by atoms with Crippen molar-refractivity contribution in [3.8, 4) is 5.75 Å². The number of halogens is 1. The van der Waals surface area contributed by atoms with Crippen molar-refractivity contribution in [2.75, 3.05) is 17.9 Å². The highest BCUT2D eigenvalue weighted by molar-refractivity contribution is 9.10. The van der Waals surface area contributed by atoms with Crippen LogP contribution in [0.1, 0.15) is 15.9 Å². The van der Waals surface area contributed by atoms with Gasteiger partial charge in [0.15, 0.2) is 0 Å². The van der Waals surface area contributed by atoms with Crippen molar-refractivity contribution in [1.82, 2.24) is 0 Å². The number of hydrogen-bond acceptors (Lipinski definition) is 4. The molecule has 0 bridgehead atoms. The number of amides is 1. The average molecular weight is 350 g/mol. The van der Waals surface area contributed by atoms with Crippen LogP contribution in [-0.2, 0) is 0 Å². The van der Waals surface area contributed by atoms with Gasteiger partial charge >= 0.3 is 0 Å². The quantitative estimate of drug-likeness (QED) is 0.584. The summed E-state index contributed by atoms with van der Waals surface area (Å²) in [5.74, 6) is 5.83. The van der Waals surface area contributed by atoms with Crippen molar-refractivity contribution in [2.45, 2.75) is 6.92 Å². The normalized spacial score (nSPS) is 10.1. The zero-order chi connectivity index (χ0) is 15.4. The van der Waals surface area contributed by atoms with Crippen LogP contribution < -0.4 is 21.3 Å². The van der Waals surface area contributed by atoms with E-state index < -0.39 is 0 Å². The summed E-state index contributed by atoms with van der Waals surface area (Å²) in [5.41, 5.74) is 5.40.